The molecule has 0 bridgehead atoms. The first-order chi connectivity index (χ1) is 7.00. The van der Waals surface area contributed by atoms with Gasteiger partial charge in [-0.15, -0.1) is 0 Å². The molecule has 2 heteroatoms. The molecule has 2 unspecified atom stereocenters. The van der Waals surface area contributed by atoms with Gasteiger partial charge in [-0.2, -0.15) is 0 Å². The number of hydrogen-bond acceptors (Lipinski definition) is 2. The summed E-state index contributed by atoms with van der Waals surface area (Å²) in [5.41, 5.74) is 0.403. The fourth-order valence-electron chi connectivity index (χ4n) is 1.74. The molecular formula is C13H27NO. The fraction of sp³-hybridized carbons (Fsp3) is 1.00. The lowest BCUT2D eigenvalue weighted by Gasteiger charge is -2.29. The average molecular weight is 213 g/mol. The lowest BCUT2D eigenvalue weighted by atomic mass is 9.82. The van der Waals surface area contributed by atoms with E-state index in [0.29, 0.717) is 17.4 Å². The van der Waals surface area contributed by atoms with Crippen molar-refractivity contribution in [2.24, 2.45) is 11.3 Å². The van der Waals surface area contributed by atoms with Gasteiger partial charge in [-0.1, -0.05) is 27.7 Å². The van der Waals surface area contributed by atoms with Crippen LogP contribution in [-0.2, 0) is 4.74 Å². The van der Waals surface area contributed by atoms with Crippen molar-refractivity contribution in [1.82, 2.24) is 5.32 Å². The molecule has 1 N–H and O–H groups in total. The number of rotatable bonds is 4. The summed E-state index contributed by atoms with van der Waals surface area (Å²) in [6, 6.07) is 0. The zero-order chi connectivity index (χ0) is 11.3. The van der Waals surface area contributed by atoms with Gasteiger partial charge in [0.05, 0.1) is 6.10 Å². The molecule has 2 atom stereocenters. The second-order valence-electron chi connectivity index (χ2n) is 5.91. The highest BCUT2D eigenvalue weighted by Crippen LogP contribution is 2.24. The Morgan fingerprint density at radius 2 is 2.07 bits per heavy atom. The maximum Gasteiger partial charge on any atom is 0.0699 e. The van der Waals surface area contributed by atoms with E-state index in [4.69, 9.17) is 4.74 Å². The van der Waals surface area contributed by atoms with Crippen molar-refractivity contribution in [1.29, 1.82) is 0 Å². The summed E-state index contributed by atoms with van der Waals surface area (Å²) in [6.07, 6.45) is 4.28. The van der Waals surface area contributed by atoms with E-state index >= 15 is 0 Å². The van der Waals surface area contributed by atoms with E-state index in [1.165, 1.54) is 19.3 Å². The van der Waals surface area contributed by atoms with E-state index in [1.807, 2.05) is 0 Å². The fourth-order valence-corrected chi connectivity index (χ4v) is 1.74. The first kappa shape index (κ1) is 13.0. The Kier molecular flexibility index (Phi) is 5.07. The van der Waals surface area contributed by atoms with E-state index in [1.54, 1.807) is 0 Å². The van der Waals surface area contributed by atoms with Crippen LogP contribution in [0.25, 0.3) is 0 Å². The van der Waals surface area contributed by atoms with Crippen LogP contribution >= 0.6 is 0 Å². The molecular weight excluding hydrogens is 186 g/mol. The standard InChI is InChI=1S/C13H27NO/c1-11(13(2,3)4)9-14-10-12-7-5-6-8-15-12/h11-12,14H,5-10H2,1-4H3. The maximum atomic E-state index is 5.68. The second kappa shape index (κ2) is 5.86. The smallest absolute Gasteiger partial charge is 0.0699 e. The van der Waals surface area contributed by atoms with E-state index in [0.717, 1.165) is 19.7 Å². The molecule has 0 aromatic carbocycles. The quantitative estimate of drug-likeness (QED) is 0.775. The molecule has 1 fully saturated rings. The van der Waals surface area contributed by atoms with Crippen molar-refractivity contribution in [3.63, 3.8) is 0 Å². The van der Waals surface area contributed by atoms with Crippen molar-refractivity contribution in [2.75, 3.05) is 19.7 Å². The number of ether oxygens (including phenoxy) is 1. The highest BCUT2D eigenvalue weighted by Gasteiger charge is 2.20. The average Bonchev–Trinajstić information content (AvgIpc) is 2.18. The zero-order valence-electron chi connectivity index (χ0n) is 10.8. The van der Waals surface area contributed by atoms with Crippen molar-refractivity contribution in [3.05, 3.63) is 0 Å². The van der Waals surface area contributed by atoms with E-state index in [-0.39, 0.29) is 0 Å². The molecule has 0 saturated carbocycles. The Balaban J connectivity index is 2.10. The molecule has 1 heterocycles. The van der Waals surface area contributed by atoms with Gasteiger partial charge in [0.25, 0.3) is 0 Å². The van der Waals surface area contributed by atoms with E-state index in [9.17, 15) is 0 Å². The molecule has 1 saturated heterocycles. The molecule has 0 radical (unpaired) electrons. The molecule has 0 amide bonds. The lowest BCUT2D eigenvalue weighted by Crippen LogP contribution is -2.36. The Bertz CT molecular complexity index is 168. The van der Waals surface area contributed by atoms with Crippen LogP contribution in [0, 0.1) is 11.3 Å². The molecule has 1 aliphatic rings. The summed E-state index contributed by atoms with van der Waals surface area (Å²) < 4.78 is 5.68. The largest absolute Gasteiger partial charge is 0.377 e. The van der Waals surface area contributed by atoms with Gasteiger partial charge < -0.3 is 10.1 Å². The predicted molar refractivity (Wildman–Crippen MR) is 65.1 cm³/mol. The molecule has 1 rings (SSSR count). The normalized spacial score (nSPS) is 25.2. The predicted octanol–water partition coefficient (Wildman–Crippen LogP) is 2.83. The van der Waals surface area contributed by atoms with Crippen LogP contribution in [0.2, 0.25) is 0 Å². The van der Waals surface area contributed by atoms with Gasteiger partial charge in [0, 0.05) is 13.2 Å². The van der Waals surface area contributed by atoms with Crippen molar-refractivity contribution in [2.45, 2.75) is 53.1 Å². The van der Waals surface area contributed by atoms with Gasteiger partial charge in [-0.25, -0.2) is 0 Å². The maximum absolute atomic E-state index is 5.68. The van der Waals surface area contributed by atoms with Crippen LogP contribution in [-0.4, -0.2) is 25.8 Å². The molecule has 1 aliphatic heterocycles. The monoisotopic (exact) mass is 213 g/mol. The van der Waals surface area contributed by atoms with Crippen molar-refractivity contribution >= 4 is 0 Å². The minimum Gasteiger partial charge on any atom is -0.377 e. The molecule has 15 heavy (non-hydrogen) atoms. The topological polar surface area (TPSA) is 21.3 Å². The first-order valence-corrected chi connectivity index (χ1v) is 6.32. The van der Waals surface area contributed by atoms with E-state index in [2.05, 4.69) is 33.0 Å². The molecule has 0 spiro atoms. The molecule has 0 aliphatic carbocycles. The summed E-state index contributed by atoms with van der Waals surface area (Å²) in [7, 11) is 0. The molecule has 90 valence electrons. The third-order valence-electron chi connectivity index (χ3n) is 3.57. The Labute approximate surface area is 94.8 Å². The summed E-state index contributed by atoms with van der Waals surface area (Å²) in [5.74, 6) is 0.709. The number of nitrogens with one attached hydrogen (secondary N) is 1. The first-order valence-electron chi connectivity index (χ1n) is 6.32. The molecule has 2 nitrogen and oxygen atoms in total. The summed E-state index contributed by atoms with van der Waals surface area (Å²) in [6.45, 7) is 12.3. The Hall–Kier alpha value is -0.0800. The van der Waals surface area contributed by atoms with Crippen molar-refractivity contribution < 1.29 is 4.74 Å². The van der Waals surface area contributed by atoms with Crippen molar-refractivity contribution in [3.8, 4) is 0 Å². The molecule has 0 aromatic rings. The summed E-state index contributed by atoms with van der Waals surface area (Å²) >= 11 is 0. The van der Waals surface area contributed by atoms with Crippen LogP contribution in [0.1, 0.15) is 47.0 Å². The summed E-state index contributed by atoms with van der Waals surface area (Å²) in [5, 5.41) is 3.54. The summed E-state index contributed by atoms with van der Waals surface area (Å²) in [4.78, 5) is 0. The van der Waals surface area contributed by atoms with Crippen LogP contribution in [0.4, 0.5) is 0 Å². The van der Waals surface area contributed by atoms with Gasteiger partial charge in [0.15, 0.2) is 0 Å². The van der Waals surface area contributed by atoms with E-state index < -0.39 is 0 Å². The van der Waals surface area contributed by atoms with Gasteiger partial charge >= 0.3 is 0 Å². The zero-order valence-corrected chi connectivity index (χ0v) is 10.8. The van der Waals surface area contributed by atoms with Crippen LogP contribution in [0.15, 0.2) is 0 Å². The Morgan fingerprint density at radius 1 is 1.33 bits per heavy atom. The second-order valence-corrected chi connectivity index (χ2v) is 5.91. The minimum atomic E-state index is 0.403. The van der Waals surface area contributed by atoms with Crippen LogP contribution < -0.4 is 5.32 Å². The van der Waals surface area contributed by atoms with Crippen LogP contribution in [0.5, 0.6) is 0 Å². The van der Waals surface area contributed by atoms with Gasteiger partial charge in [0.1, 0.15) is 0 Å². The minimum absolute atomic E-state index is 0.403. The Morgan fingerprint density at radius 3 is 2.60 bits per heavy atom. The molecule has 0 aromatic heterocycles. The SMILES string of the molecule is CC(CNCC1CCCCO1)C(C)(C)C. The third kappa shape index (κ3) is 4.98. The lowest BCUT2D eigenvalue weighted by molar-refractivity contribution is 0.0159. The highest BCUT2D eigenvalue weighted by atomic mass is 16.5. The van der Waals surface area contributed by atoms with Gasteiger partial charge in [-0.05, 0) is 37.1 Å². The van der Waals surface area contributed by atoms with Gasteiger partial charge in [-0.3, -0.25) is 0 Å². The highest BCUT2D eigenvalue weighted by molar-refractivity contribution is 4.73. The van der Waals surface area contributed by atoms with Crippen LogP contribution in [0.3, 0.4) is 0 Å². The van der Waals surface area contributed by atoms with Gasteiger partial charge in [0.2, 0.25) is 0 Å². The number of hydrogen-bond donors (Lipinski definition) is 1. The third-order valence-corrected chi connectivity index (χ3v) is 3.57.